The van der Waals surface area contributed by atoms with Crippen molar-refractivity contribution < 1.29 is 29.3 Å². The Balaban J connectivity index is 1.69. The highest BCUT2D eigenvalue weighted by molar-refractivity contribution is 5.88. The Morgan fingerprint density at radius 1 is 0.895 bits per heavy atom. The number of ether oxygens (including phenoxy) is 1. The summed E-state index contributed by atoms with van der Waals surface area (Å²) in [7, 11) is 0. The molecule has 3 aromatic carbocycles. The van der Waals surface area contributed by atoms with Gasteiger partial charge in [0.05, 0.1) is 5.56 Å². The lowest BCUT2D eigenvalue weighted by Gasteiger charge is -2.14. The van der Waals surface area contributed by atoms with Crippen molar-refractivity contribution in [1.29, 1.82) is 0 Å². The fourth-order valence-electron chi connectivity index (χ4n) is 4.07. The Bertz CT molecular complexity index is 1250. The van der Waals surface area contributed by atoms with Crippen LogP contribution in [0.1, 0.15) is 59.7 Å². The molecule has 0 aliphatic carbocycles. The Hall–Kier alpha value is -4.39. The number of amides is 1. The van der Waals surface area contributed by atoms with Gasteiger partial charge in [-0.25, -0.2) is 4.79 Å². The summed E-state index contributed by atoms with van der Waals surface area (Å²) in [6.07, 6.45) is 7.21. The third-order valence-electron chi connectivity index (χ3n) is 6.05. The van der Waals surface area contributed by atoms with E-state index in [1.54, 1.807) is 12.1 Å². The molecule has 0 aliphatic heterocycles. The van der Waals surface area contributed by atoms with Gasteiger partial charge in [0.15, 0.2) is 0 Å². The summed E-state index contributed by atoms with van der Waals surface area (Å²) in [5, 5.41) is 20.9. The largest absolute Gasteiger partial charge is 0.488 e. The van der Waals surface area contributed by atoms with Crippen LogP contribution in [0, 0.1) is 5.92 Å². The maximum absolute atomic E-state index is 11.2. The Morgan fingerprint density at radius 2 is 1.58 bits per heavy atom. The first kappa shape index (κ1) is 28.2. The molecule has 0 spiro atoms. The van der Waals surface area contributed by atoms with Gasteiger partial charge in [0.2, 0.25) is 5.91 Å². The summed E-state index contributed by atoms with van der Waals surface area (Å²) in [5.41, 5.74) is 3.91. The van der Waals surface area contributed by atoms with Crippen molar-refractivity contribution in [1.82, 2.24) is 0 Å². The van der Waals surface area contributed by atoms with Crippen LogP contribution in [0.15, 0.2) is 78.9 Å². The fourth-order valence-corrected chi connectivity index (χ4v) is 4.07. The molecule has 198 valence electrons. The van der Waals surface area contributed by atoms with Crippen molar-refractivity contribution in [2.75, 3.05) is 5.32 Å². The molecule has 0 radical (unpaired) electrons. The van der Waals surface area contributed by atoms with Gasteiger partial charge in [-0.15, -0.1) is 0 Å². The van der Waals surface area contributed by atoms with E-state index in [1.165, 1.54) is 6.92 Å². The minimum atomic E-state index is -0.957. The highest BCUT2D eigenvalue weighted by Gasteiger charge is 2.10. The summed E-state index contributed by atoms with van der Waals surface area (Å²) < 4.78 is 6.10. The molecule has 7 nitrogen and oxygen atoms in total. The lowest BCUT2D eigenvalue weighted by molar-refractivity contribution is -0.137. The number of anilines is 1. The lowest BCUT2D eigenvalue weighted by atomic mass is 9.92. The number of nitrogens with one attached hydrogen (secondary N) is 1. The molecule has 3 N–H and O–H groups in total. The molecule has 0 saturated heterocycles. The predicted molar refractivity (Wildman–Crippen MR) is 147 cm³/mol. The summed E-state index contributed by atoms with van der Waals surface area (Å²) in [5.74, 6) is -0.981. The summed E-state index contributed by atoms with van der Waals surface area (Å²) in [6, 6.07) is 22.1. The number of benzene rings is 3. The minimum Gasteiger partial charge on any atom is -0.488 e. The lowest BCUT2D eigenvalue weighted by Crippen LogP contribution is -2.05. The highest BCUT2D eigenvalue weighted by Crippen LogP contribution is 2.24. The van der Waals surface area contributed by atoms with Gasteiger partial charge >= 0.3 is 11.9 Å². The van der Waals surface area contributed by atoms with Crippen LogP contribution < -0.4 is 10.1 Å². The van der Waals surface area contributed by atoms with E-state index in [4.69, 9.17) is 14.9 Å². The number of aliphatic carboxylic acids is 1. The molecular weight excluding hydrogens is 482 g/mol. The van der Waals surface area contributed by atoms with E-state index < -0.39 is 11.9 Å². The summed E-state index contributed by atoms with van der Waals surface area (Å²) in [6.45, 7) is 1.84. The molecule has 1 atom stereocenters. The van der Waals surface area contributed by atoms with E-state index in [1.807, 2.05) is 66.7 Å². The van der Waals surface area contributed by atoms with Crippen LogP contribution in [0.3, 0.4) is 0 Å². The molecule has 0 aliphatic rings. The maximum Gasteiger partial charge on any atom is 0.335 e. The molecular formula is C31H33NO6. The van der Waals surface area contributed by atoms with E-state index in [9.17, 15) is 14.4 Å². The Kier molecular flexibility index (Phi) is 10.7. The van der Waals surface area contributed by atoms with Crippen LogP contribution >= 0.6 is 0 Å². The Morgan fingerprint density at radius 3 is 2.24 bits per heavy atom. The molecule has 1 amide bonds. The first-order valence-electron chi connectivity index (χ1n) is 12.6. The number of para-hydroxylation sites is 1. The van der Waals surface area contributed by atoms with Crippen molar-refractivity contribution in [2.45, 2.75) is 45.6 Å². The van der Waals surface area contributed by atoms with Crippen molar-refractivity contribution in [3.05, 3.63) is 101 Å². The fraction of sp³-hybridized carbons (Fsp3) is 0.258. The molecule has 0 fully saturated rings. The zero-order chi connectivity index (χ0) is 27.3. The summed E-state index contributed by atoms with van der Waals surface area (Å²) in [4.78, 5) is 33.3. The van der Waals surface area contributed by atoms with Crippen molar-refractivity contribution in [2.24, 2.45) is 5.92 Å². The monoisotopic (exact) mass is 515 g/mol. The number of carboxylic acid groups (broad SMARTS) is 2. The van der Waals surface area contributed by atoms with Gasteiger partial charge in [-0.05, 0) is 66.6 Å². The number of aromatic carboxylic acids is 1. The van der Waals surface area contributed by atoms with Crippen molar-refractivity contribution in [3.63, 3.8) is 0 Å². The van der Waals surface area contributed by atoms with Crippen LogP contribution in [-0.4, -0.2) is 28.1 Å². The molecule has 0 aromatic heterocycles. The quantitative estimate of drug-likeness (QED) is 0.213. The zero-order valence-corrected chi connectivity index (χ0v) is 21.4. The van der Waals surface area contributed by atoms with Crippen molar-refractivity contribution >= 4 is 29.6 Å². The Labute approximate surface area is 222 Å². The normalized spacial score (nSPS) is 11.7. The minimum absolute atomic E-state index is 0.118. The van der Waals surface area contributed by atoms with Gasteiger partial charge in [-0.2, -0.15) is 0 Å². The zero-order valence-electron chi connectivity index (χ0n) is 21.4. The van der Waals surface area contributed by atoms with Crippen LogP contribution in [0.5, 0.6) is 5.75 Å². The SMILES string of the molecule is CC(=O)Nc1ccc(COc2ccccc2/C=C/C(CCCCC(=O)O)Cc2ccc(C(=O)O)cc2)cc1. The standard InChI is InChI=1S/C31H33NO6/c1-22(33)32-28-18-13-25(14-19-28)21-38-29-8-4-3-7-26(29)15-10-23(6-2-5-9-30(34)35)20-24-11-16-27(17-12-24)31(36)37/h3-4,7-8,10-19,23H,2,5-6,9,20-21H2,1H3,(H,32,33)(H,34,35)(H,36,37)/b15-10+. The topological polar surface area (TPSA) is 113 Å². The van der Waals surface area contributed by atoms with Crippen LogP contribution in [0.4, 0.5) is 5.69 Å². The molecule has 3 aromatic rings. The van der Waals surface area contributed by atoms with Crippen LogP contribution in [-0.2, 0) is 22.6 Å². The predicted octanol–water partition coefficient (Wildman–Crippen LogP) is 6.44. The van der Waals surface area contributed by atoms with E-state index in [2.05, 4.69) is 11.4 Å². The third-order valence-corrected chi connectivity index (χ3v) is 6.05. The maximum atomic E-state index is 11.2. The molecule has 3 rings (SSSR count). The highest BCUT2D eigenvalue weighted by atomic mass is 16.5. The summed E-state index contributed by atoms with van der Waals surface area (Å²) >= 11 is 0. The number of carboxylic acids is 2. The van der Waals surface area contributed by atoms with Gasteiger partial charge in [0.1, 0.15) is 12.4 Å². The number of hydrogen-bond donors (Lipinski definition) is 3. The van der Waals surface area contributed by atoms with Crippen LogP contribution in [0.2, 0.25) is 0 Å². The number of rotatable bonds is 14. The molecule has 0 bridgehead atoms. The second kappa shape index (κ2) is 14.4. The third kappa shape index (κ3) is 9.58. The second-order valence-corrected chi connectivity index (χ2v) is 9.17. The van der Waals surface area contributed by atoms with Crippen LogP contribution in [0.25, 0.3) is 6.08 Å². The van der Waals surface area contributed by atoms with Gasteiger partial charge in [0, 0.05) is 24.6 Å². The average Bonchev–Trinajstić information content (AvgIpc) is 2.89. The first-order valence-corrected chi connectivity index (χ1v) is 12.6. The van der Waals surface area contributed by atoms with Gasteiger partial charge in [-0.3, -0.25) is 9.59 Å². The van der Waals surface area contributed by atoms with Gasteiger partial charge in [0.25, 0.3) is 0 Å². The number of allylic oxidation sites excluding steroid dienone is 1. The van der Waals surface area contributed by atoms with E-state index in [0.717, 1.165) is 41.0 Å². The average molecular weight is 516 g/mol. The molecule has 0 saturated carbocycles. The van der Waals surface area contributed by atoms with E-state index in [-0.39, 0.29) is 23.8 Å². The van der Waals surface area contributed by atoms with E-state index in [0.29, 0.717) is 19.4 Å². The smallest absolute Gasteiger partial charge is 0.335 e. The second-order valence-electron chi connectivity index (χ2n) is 9.17. The van der Waals surface area contributed by atoms with E-state index >= 15 is 0 Å². The van der Waals surface area contributed by atoms with Crippen molar-refractivity contribution in [3.8, 4) is 5.75 Å². The molecule has 38 heavy (non-hydrogen) atoms. The number of carbonyl (C=O) groups excluding carboxylic acids is 1. The van der Waals surface area contributed by atoms with Gasteiger partial charge < -0.3 is 20.3 Å². The number of hydrogen-bond acceptors (Lipinski definition) is 4. The number of unbranched alkanes of at least 4 members (excludes halogenated alkanes) is 1. The first-order chi connectivity index (χ1) is 18.3. The molecule has 0 heterocycles. The molecule has 7 heteroatoms. The number of carbonyl (C=O) groups is 3. The van der Waals surface area contributed by atoms with Gasteiger partial charge in [-0.1, -0.05) is 61.0 Å². The molecule has 1 unspecified atom stereocenters.